The van der Waals surface area contributed by atoms with Crippen molar-refractivity contribution >= 4 is 17.2 Å². The molecule has 4 rings (SSSR count). The zero-order valence-electron chi connectivity index (χ0n) is 14.5. The summed E-state index contributed by atoms with van der Waals surface area (Å²) in [7, 11) is 0. The van der Waals surface area contributed by atoms with Crippen LogP contribution >= 0.6 is 11.3 Å². The Morgan fingerprint density at radius 2 is 2.33 bits per heavy atom. The first kappa shape index (κ1) is 16.5. The minimum atomic E-state index is -0.230. The number of rotatable bonds is 5. The second kappa shape index (κ2) is 6.73. The van der Waals surface area contributed by atoms with E-state index in [1.54, 1.807) is 11.3 Å². The normalized spacial score (nSPS) is 30.8. The third kappa shape index (κ3) is 2.89. The van der Waals surface area contributed by atoms with Crippen molar-refractivity contribution in [3.8, 4) is 0 Å². The molecule has 1 amide bonds. The zero-order chi connectivity index (χ0) is 16.6. The first-order valence-electron chi connectivity index (χ1n) is 9.37. The van der Waals surface area contributed by atoms with Gasteiger partial charge in [0.05, 0.1) is 22.7 Å². The van der Waals surface area contributed by atoms with Crippen molar-refractivity contribution in [3.63, 3.8) is 0 Å². The summed E-state index contributed by atoms with van der Waals surface area (Å²) in [6.45, 7) is 6.50. The van der Waals surface area contributed by atoms with Crippen LogP contribution in [0.15, 0.2) is 5.38 Å². The summed E-state index contributed by atoms with van der Waals surface area (Å²) in [5, 5.41) is 9.87. The van der Waals surface area contributed by atoms with Gasteiger partial charge in [-0.1, -0.05) is 19.8 Å². The van der Waals surface area contributed by atoms with E-state index in [1.165, 1.54) is 25.7 Å². The second-order valence-corrected chi connectivity index (χ2v) is 8.56. The van der Waals surface area contributed by atoms with E-state index in [1.807, 2.05) is 0 Å². The monoisotopic (exact) mass is 348 g/mol. The van der Waals surface area contributed by atoms with Gasteiger partial charge in [0.25, 0.3) is 0 Å². The molecule has 6 heteroatoms. The number of fused-ring (bicyclic) bond motifs is 1. The Balaban J connectivity index is 1.41. The van der Waals surface area contributed by atoms with E-state index in [-0.39, 0.29) is 11.3 Å². The van der Waals surface area contributed by atoms with E-state index in [2.05, 4.69) is 32.8 Å². The number of hydrogen-bond donors (Lipinski definition) is 2. The van der Waals surface area contributed by atoms with Crippen LogP contribution in [0.2, 0.25) is 0 Å². The Morgan fingerprint density at radius 1 is 1.50 bits per heavy atom. The molecule has 2 atom stereocenters. The first-order chi connectivity index (χ1) is 11.7. The van der Waals surface area contributed by atoms with Crippen molar-refractivity contribution in [1.29, 1.82) is 0 Å². The van der Waals surface area contributed by atoms with Crippen molar-refractivity contribution in [2.24, 2.45) is 11.3 Å². The summed E-state index contributed by atoms with van der Waals surface area (Å²) < 4.78 is 0. The molecule has 0 radical (unpaired) electrons. The van der Waals surface area contributed by atoms with Gasteiger partial charge in [0.1, 0.15) is 0 Å². The van der Waals surface area contributed by atoms with Gasteiger partial charge in [-0.05, 0) is 19.3 Å². The number of carbonyl (C=O) groups is 1. The number of nitrogens with one attached hydrogen (secondary N) is 2. The molecule has 5 nitrogen and oxygen atoms in total. The van der Waals surface area contributed by atoms with Crippen molar-refractivity contribution < 1.29 is 4.79 Å². The van der Waals surface area contributed by atoms with E-state index < -0.39 is 0 Å². The molecule has 1 aliphatic carbocycles. The number of nitrogens with zero attached hydrogens (tertiary/aromatic N) is 2. The van der Waals surface area contributed by atoms with Crippen molar-refractivity contribution in [2.75, 3.05) is 26.2 Å². The molecule has 2 saturated heterocycles. The molecule has 1 saturated carbocycles. The maximum absolute atomic E-state index is 13.1. The van der Waals surface area contributed by atoms with Gasteiger partial charge in [-0.25, -0.2) is 4.98 Å². The van der Waals surface area contributed by atoms with Crippen LogP contribution in [0.25, 0.3) is 0 Å². The standard InChI is InChI=1S/C18H28N4OS/c1-2-16-21-14(10-24-16)8-20-17(23)18-11-19-7-13(18)9-22(12-18)15-5-3-4-6-15/h10,13,15,19H,2-9,11-12H2,1H3,(H,20,23)/t13-,18-/m1/s1. The highest BCUT2D eigenvalue weighted by atomic mass is 32.1. The summed E-state index contributed by atoms with van der Waals surface area (Å²) in [5.41, 5.74) is 0.765. The largest absolute Gasteiger partial charge is 0.350 e. The predicted octanol–water partition coefficient (Wildman–Crippen LogP) is 1.79. The molecular formula is C18H28N4OS. The van der Waals surface area contributed by atoms with Crippen LogP contribution in [0.4, 0.5) is 0 Å². The Kier molecular flexibility index (Phi) is 4.62. The fourth-order valence-electron chi connectivity index (χ4n) is 4.77. The van der Waals surface area contributed by atoms with Gasteiger partial charge in [0.15, 0.2) is 0 Å². The van der Waals surface area contributed by atoms with Crippen molar-refractivity contribution in [1.82, 2.24) is 20.5 Å². The quantitative estimate of drug-likeness (QED) is 0.852. The molecule has 1 aromatic heterocycles. The SMILES string of the molecule is CCc1nc(CNC(=O)[C@@]23CNC[C@@H]2CN(C2CCCC2)C3)cs1. The maximum Gasteiger partial charge on any atom is 0.229 e. The highest BCUT2D eigenvalue weighted by molar-refractivity contribution is 7.09. The molecule has 3 fully saturated rings. The number of likely N-dealkylation sites (tertiary alicyclic amines) is 1. The summed E-state index contributed by atoms with van der Waals surface area (Å²) in [6.07, 6.45) is 6.30. The molecule has 132 valence electrons. The molecule has 0 spiro atoms. The van der Waals surface area contributed by atoms with E-state index >= 15 is 0 Å². The Hall–Kier alpha value is -0.980. The van der Waals surface area contributed by atoms with E-state index in [4.69, 9.17) is 0 Å². The van der Waals surface area contributed by atoms with Crippen LogP contribution in [0.5, 0.6) is 0 Å². The van der Waals surface area contributed by atoms with Crippen molar-refractivity contribution in [3.05, 3.63) is 16.1 Å². The molecule has 24 heavy (non-hydrogen) atoms. The lowest BCUT2D eigenvalue weighted by Crippen LogP contribution is -2.47. The number of thiazole rings is 1. The Bertz CT molecular complexity index is 598. The van der Waals surface area contributed by atoms with Crippen LogP contribution < -0.4 is 10.6 Å². The predicted molar refractivity (Wildman–Crippen MR) is 96.0 cm³/mol. The molecule has 0 aromatic carbocycles. The second-order valence-electron chi connectivity index (χ2n) is 7.62. The highest BCUT2D eigenvalue weighted by Crippen LogP contribution is 2.42. The molecule has 1 aromatic rings. The fourth-order valence-corrected chi connectivity index (χ4v) is 5.51. The number of carbonyl (C=O) groups excluding carboxylic acids is 1. The highest BCUT2D eigenvalue weighted by Gasteiger charge is 2.55. The molecule has 0 unspecified atom stereocenters. The Morgan fingerprint density at radius 3 is 3.08 bits per heavy atom. The molecule has 0 bridgehead atoms. The zero-order valence-corrected chi connectivity index (χ0v) is 15.3. The van der Waals surface area contributed by atoms with Crippen molar-refractivity contribution in [2.45, 2.75) is 51.6 Å². The van der Waals surface area contributed by atoms with Crippen LogP contribution in [0.3, 0.4) is 0 Å². The minimum absolute atomic E-state index is 0.226. The van der Waals surface area contributed by atoms with Crippen LogP contribution in [-0.2, 0) is 17.8 Å². The van der Waals surface area contributed by atoms with Gasteiger partial charge < -0.3 is 10.6 Å². The minimum Gasteiger partial charge on any atom is -0.350 e. The molecular weight excluding hydrogens is 320 g/mol. The summed E-state index contributed by atoms with van der Waals surface area (Å²) in [5.74, 6) is 0.684. The first-order valence-corrected chi connectivity index (χ1v) is 10.3. The van der Waals surface area contributed by atoms with Gasteiger partial charge >= 0.3 is 0 Å². The number of hydrogen-bond acceptors (Lipinski definition) is 5. The van der Waals surface area contributed by atoms with Gasteiger partial charge in [0.2, 0.25) is 5.91 Å². The van der Waals surface area contributed by atoms with Crippen LogP contribution in [-0.4, -0.2) is 48.0 Å². The number of aromatic nitrogens is 1. The Labute approximate surface area is 148 Å². The smallest absolute Gasteiger partial charge is 0.229 e. The van der Waals surface area contributed by atoms with Crippen LogP contribution in [0, 0.1) is 11.3 Å². The van der Waals surface area contributed by atoms with Gasteiger partial charge in [-0.15, -0.1) is 11.3 Å². The van der Waals surface area contributed by atoms with Gasteiger partial charge in [-0.3, -0.25) is 9.69 Å². The lowest BCUT2D eigenvalue weighted by molar-refractivity contribution is -0.131. The number of amides is 1. The topological polar surface area (TPSA) is 57.3 Å². The average molecular weight is 349 g/mol. The fraction of sp³-hybridized carbons (Fsp3) is 0.778. The summed E-state index contributed by atoms with van der Waals surface area (Å²) in [6, 6.07) is 0.714. The van der Waals surface area contributed by atoms with Crippen LogP contribution in [0.1, 0.15) is 43.3 Å². The van der Waals surface area contributed by atoms with E-state index in [0.29, 0.717) is 18.5 Å². The summed E-state index contributed by atoms with van der Waals surface area (Å²) >= 11 is 1.69. The lowest BCUT2D eigenvalue weighted by Gasteiger charge is -2.29. The molecule has 2 N–H and O–H groups in total. The average Bonchev–Trinajstić information content (AvgIpc) is 3.34. The third-order valence-electron chi connectivity index (χ3n) is 6.18. The molecule has 2 aliphatic heterocycles. The molecule has 3 heterocycles. The van der Waals surface area contributed by atoms with Gasteiger partial charge in [0, 0.05) is 43.5 Å². The maximum atomic E-state index is 13.1. The lowest BCUT2D eigenvalue weighted by atomic mass is 9.80. The number of aryl methyl sites for hydroxylation is 1. The van der Waals surface area contributed by atoms with E-state index in [9.17, 15) is 4.79 Å². The third-order valence-corrected chi connectivity index (χ3v) is 7.22. The van der Waals surface area contributed by atoms with E-state index in [0.717, 1.165) is 43.3 Å². The molecule has 3 aliphatic rings. The summed E-state index contributed by atoms with van der Waals surface area (Å²) in [4.78, 5) is 20.2. The van der Waals surface area contributed by atoms with Gasteiger partial charge in [-0.2, -0.15) is 0 Å².